The first-order chi connectivity index (χ1) is 27.7. The molecule has 0 unspecified atom stereocenters. The molecule has 2 heterocycles. The summed E-state index contributed by atoms with van der Waals surface area (Å²) in [6.07, 6.45) is 0. The van der Waals surface area contributed by atoms with E-state index < -0.39 is 0 Å². The van der Waals surface area contributed by atoms with Gasteiger partial charge in [0.2, 0.25) is 5.89 Å². The van der Waals surface area contributed by atoms with Gasteiger partial charge in [0.05, 0.1) is 11.0 Å². The molecule has 0 amide bonds. The van der Waals surface area contributed by atoms with Crippen LogP contribution < -0.4 is 0 Å². The van der Waals surface area contributed by atoms with E-state index in [4.69, 9.17) is 9.40 Å². The number of para-hydroxylation sites is 2. The quantitative estimate of drug-likeness (QED) is 0.172. The number of aromatic nitrogens is 2. The van der Waals surface area contributed by atoms with E-state index in [9.17, 15) is 0 Å². The van der Waals surface area contributed by atoms with Crippen molar-refractivity contribution >= 4 is 43.7 Å². The molecule has 260 valence electrons. The molecule has 11 aromatic rings. The summed E-state index contributed by atoms with van der Waals surface area (Å²) < 4.78 is 8.72. The zero-order valence-electron chi connectivity index (χ0n) is 30.3. The Morgan fingerprint density at radius 2 is 1.05 bits per heavy atom. The summed E-state index contributed by atoms with van der Waals surface area (Å²) in [7, 11) is 0. The normalized spacial score (nSPS) is 11.4. The first-order valence-corrected chi connectivity index (χ1v) is 18.9. The molecule has 0 atom stereocenters. The molecule has 0 saturated carbocycles. The standard InChI is InChI=1S/C53H32N2O/c1-2-14-42(15-3-1)55-50-21-11-10-20-47(50)48-33-41(29-31-51(48)55)44-17-7-9-19-46(44)45-18-8-6-16-43(45)36-23-25-37(26-24-36)53-54-49-30-28-40(34-52(49)56-53)39-27-22-35-12-4-5-13-38(35)32-39/h1-6,8,10-34H. The predicted molar refractivity (Wildman–Crippen MR) is 231 cm³/mol. The largest absolute Gasteiger partial charge is 0.436 e. The zero-order valence-corrected chi connectivity index (χ0v) is 30.3. The molecule has 3 nitrogen and oxygen atoms in total. The van der Waals surface area contributed by atoms with E-state index in [1.54, 1.807) is 0 Å². The summed E-state index contributed by atoms with van der Waals surface area (Å²) in [6.45, 7) is 0. The lowest BCUT2D eigenvalue weighted by atomic mass is 9.89. The Bertz CT molecular complexity index is 3240. The van der Waals surface area contributed by atoms with Gasteiger partial charge in [0.1, 0.15) is 5.52 Å². The van der Waals surface area contributed by atoms with Gasteiger partial charge in [-0.2, -0.15) is 0 Å². The van der Waals surface area contributed by atoms with Crippen LogP contribution in [0.25, 0.3) is 105 Å². The van der Waals surface area contributed by atoms with Crippen LogP contribution in [0.3, 0.4) is 0 Å². The van der Waals surface area contributed by atoms with Crippen LogP contribution in [-0.4, -0.2) is 9.55 Å². The fourth-order valence-electron chi connectivity index (χ4n) is 8.20. The van der Waals surface area contributed by atoms with E-state index in [1.807, 2.05) is 6.07 Å². The van der Waals surface area contributed by atoms with Gasteiger partial charge in [-0.05, 0) is 128 Å². The van der Waals surface area contributed by atoms with Crippen molar-refractivity contribution < 1.29 is 4.42 Å². The maximum absolute atomic E-state index is 6.37. The first-order valence-electron chi connectivity index (χ1n) is 18.9. The van der Waals surface area contributed by atoms with Gasteiger partial charge in [0.15, 0.2) is 5.58 Å². The van der Waals surface area contributed by atoms with E-state index >= 15 is 0 Å². The van der Waals surface area contributed by atoms with Gasteiger partial charge in [-0.3, -0.25) is 0 Å². The molecule has 0 radical (unpaired) electrons. The van der Waals surface area contributed by atoms with E-state index in [0.29, 0.717) is 5.89 Å². The average molecular weight is 713 g/mol. The third-order valence-corrected chi connectivity index (χ3v) is 10.9. The van der Waals surface area contributed by atoms with Gasteiger partial charge in [-0.15, -0.1) is 0 Å². The molecule has 0 N–H and O–H groups in total. The van der Waals surface area contributed by atoms with Gasteiger partial charge in [-0.25, -0.2) is 4.98 Å². The summed E-state index contributed by atoms with van der Waals surface area (Å²) in [5.41, 5.74) is 15.1. The smallest absolute Gasteiger partial charge is 0.227 e. The summed E-state index contributed by atoms with van der Waals surface area (Å²) in [5.74, 6) is 0.606. The van der Waals surface area contributed by atoms with Crippen LogP contribution in [0.4, 0.5) is 0 Å². The van der Waals surface area contributed by atoms with E-state index in [2.05, 4.69) is 205 Å². The third-order valence-electron chi connectivity index (χ3n) is 10.9. The highest BCUT2D eigenvalue weighted by Gasteiger charge is 2.17. The molecular formula is C53H32N2O. The van der Waals surface area contributed by atoms with Crippen LogP contribution in [-0.2, 0) is 0 Å². The Morgan fingerprint density at radius 1 is 0.411 bits per heavy atom. The second-order valence-electron chi connectivity index (χ2n) is 14.2. The van der Waals surface area contributed by atoms with Gasteiger partial charge in [0, 0.05) is 22.0 Å². The van der Waals surface area contributed by atoms with Gasteiger partial charge >= 0.3 is 0 Å². The zero-order chi connectivity index (χ0) is 37.0. The molecule has 0 fully saturated rings. The molecule has 0 saturated heterocycles. The Hall–Kier alpha value is -7.67. The Morgan fingerprint density at radius 3 is 1.93 bits per heavy atom. The maximum Gasteiger partial charge on any atom is 0.227 e. The molecular weight excluding hydrogens is 681 g/mol. The minimum Gasteiger partial charge on any atom is -0.436 e. The van der Waals surface area contributed by atoms with Crippen LogP contribution in [0, 0.1) is 12.1 Å². The van der Waals surface area contributed by atoms with Gasteiger partial charge in [-0.1, -0.05) is 133 Å². The highest BCUT2D eigenvalue weighted by Crippen LogP contribution is 2.41. The maximum atomic E-state index is 6.37. The summed E-state index contributed by atoms with van der Waals surface area (Å²) >= 11 is 0. The topological polar surface area (TPSA) is 31.0 Å². The molecule has 3 heteroatoms. The predicted octanol–water partition coefficient (Wildman–Crippen LogP) is 14.0. The number of nitrogens with zero attached hydrogens (tertiary/aromatic N) is 2. The van der Waals surface area contributed by atoms with Crippen LogP contribution in [0.5, 0.6) is 0 Å². The van der Waals surface area contributed by atoms with Crippen LogP contribution in [0.15, 0.2) is 199 Å². The highest BCUT2D eigenvalue weighted by molar-refractivity contribution is 6.11. The van der Waals surface area contributed by atoms with Crippen LogP contribution >= 0.6 is 0 Å². The number of benzene rings is 8. The van der Waals surface area contributed by atoms with Crippen molar-refractivity contribution in [2.24, 2.45) is 0 Å². The second-order valence-corrected chi connectivity index (χ2v) is 14.2. The minimum atomic E-state index is 0.606. The Balaban J connectivity index is 0.942. The van der Waals surface area contributed by atoms with Crippen molar-refractivity contribution in [3.8, 4) is 61.6 Å². The Labute approximate surface area is 324 Å². The lowest BCUT2D eigenvalue weighted by molar-refractivity contribution is 0.620. The van der Waals surface area contributed by atoms with Crippen LogP contribution in [0.1, 0.15) is 0 Å². The molecule has 9 aromatic carbocycles. The molecule has 0 aliphatic rings. The lowest BCUT2D eigenvalue weighted by Gasteiger charge is -2.14. The Kier molecular flexibility index (Phi) is 7.40. The lowest BCUT2D eigenvalue weighted by Crippen LogP contribution is -1.93. The van der Waals surface area contributed by atoms with E-state index in [1.165, 1.54) is 32.6 Å². The highest BCUT2D eigenvalue weighted by atomic mass is 16.3. The fraction of sp³-hybridized carbons (Fsp3) is 0. The molecule has 11 rings (SSSR count). The van der Waals surface area contributed by atoms with Crippen molar-refractivity contribution in [3.05, 3.63) is 206 Å². The number of rotatable bonds is 6. The fourth-order valence-corrected chi connectivity index (χ4v) is 8.20. The SMILES string of the molecule is c1cc(-c2ccc3c(c2)c2ccccc2n3-c2ccccc2)c(-c2ccccc2-c2ccc(-c3nc4ccc(-c5ccc6ccccc6c5)cc4o3)cc2)cc#1. The second kappa shape index (κ2) is 13.0. The summed E-state index contributed by atoms with van der Waals surface area (Å²) in [4.78, 5) is 4.86. The van der Waals surface area contributed by atoms with E-state index in [0.717, 1.165) is 66.9 Å². The molecule has 0 aliphatic carbocycles. The average Bonchev–Trinajstić information content (AvgIpc) is 3.85. The number of oxazole rings is 1. The first kappa shape index (κ1) is 31.8. The summed E-state index contributed by atoms with van der Waals surface area (Å²) in [5, 5.41) is 4.89. The van der Waals surface area contributed by atoms with Crippen molar-refractivity contribution in [3.63, 3.8) is 0 Å². The van der Waals surface area contributed by atoms with Crippen molar-refractivity contribution in [1.82, 2.24) is 9.55 Å². The molecule has 56 heavy (non-hydrogen) atoms. The van der Waals surface area contributed by atoms with Crippen LogP contribution in [0.2, 0.25) is 0 Å². The molecule has 0 aliphatic heterocycles. The molecule has 0 bridgehead atoms. The third kappa shape index (κ3) is 5.36. The monoisotopic (exact) mass is 712 g/mol. The number of hydrogen-bond acceptors (Lipinski definition) is 2. The number of fused-ring (bicyclic) bond motifs is 5. The van der Waals surface area contributed by atoms with E-state index in [-0.39, 0.29) is 0 Å². The van der Waals surface area contributed by atoms with Crippen molar-refractivity contribution in [2.45, 2.75) is 0 Å². The molecule has 2 aromatic heterocycles. The van der Waals surface area contributed by atoms with Gasteiger partial charge < -0.3 is 8.98 Å². The van der Waals surface area contributed by atoms with Crippen molar-refractivity contribution in [2.75, 3.05) is 0 Å². The van der Waals surface area contributed by atoms with Gasteiger partial charge in [0.25, 0.3) is 0 Å². The number of hydrogen-bond donors (Lipinski definition) is 0. The minimum absolute atomic E-state index is 0.606. The summed E-state index contributed by atoms with van der Waals surface area (Å²) in [6, 6.07) is 75.0. The van der Waals surface area contributed by atoms with Crippen molar-refractivity contribution in [1.29, 1.82) is 0 Å². The molecule has 0 spiro atoms.